The summed E-state index contributed by atoms with van der Waals surface area (Å²) < 4.78 is 31.5. The molecule has 146 valence electrons. The fourth-order valence-electron chi connectivity index (χ4n) is 2.55. The molecule has 0 saturated heterocycles. The average molecular weight is 391 g/mol. The molecule has 0 heterocycles. The van der Waals surface area contributed by atoms with Gasteiger partial charge in [0.2, 0.25) is 15.9 Å². The summed E-state index contributed by atoms with van der Waals surface area (Å²) in [6, 6.07) is 15.1. The van der Waals surface area contributed by atoms with Crippen LogP contribution in [0, 0.1) is 5.92 Å². The lowest BCUT2D eigenvalue weighted by atomic mass is 10.2. The quantitative estimate of drug-likeness (QED) is 0.749. The molecule has 0 aliphatic rings. The van der Waals surface area contributed by atoms with Crippen LogP contribution in [0.25, 0.3) is 0 Å². The van der Waals surface area contributed by atoms with Gasteiger partial charge in [-0.05, 0) is 49.2 Å². The van der Waals surface area contributed by atoms with Crippen LogP contribution in [-0.2, 0) is 14.8 Å². The predicted molar refractivity (Wildman–Crippen MR) is 108 cm³/mol. The molecule has 0 spiro atoms. The number of benzene rings is 2. The highest BCUT2D eigenvalue weighted by Gasteiger charge is 2.29. The molecule has 0 fully saturated rings. The van der Waals surface area contributed by atoms with E-state index in [2.05, 4.69) is 5.32 Å². The molecule has 0 unspecified atom stereocenters. The van der Waals surface area contributed by atoms with E-state index in [-0.39, 0.29) is 11.8 Å². The van der Waals surface area contributed by atoms with Crippen LogP contribution < -0.4 is 14.4 Å². The van der Waals surface area contributed by atoms with Gasteiger partial charge in [-0.1, -0.05) is 32.0 Å². The summed E-state index contributed by atoms with van der Waals surface area (Å²) >= 11 is 0. The fraction of sp³-hybridized carbons (Fsp3) is 0.350. The van der Waals surface area contributed by atoms with Crippen LogP contribution >= 0.6 is 0 Å². The molecule has 0 aliphatic heterocycles. The molecular weight excluding hydrogens is 364 g/mol. The molecule has 27 heavy (non-hydrogen) atoms. The predicted octanol–water partition coefficient (Wildman–Crippen LogP) is 3.41. The van der Waals surface area contributed by atoms with Crippen LogP contribution in [0.2, 0.25) is 0 Å². The minimum absolute atomic E-state index is 0.280. The van der Waals surface area contributed by atoms with Crippen LogP contribution in [0.3, 0.4) is 0 Å². The number of amides is 1. The lowest BCUT2D eigenvalue weighted by Gasteiger charge is -2.28. The van der Waals surface area contributed by atoms with Gasteiger partial charge in [0.1, 0.15) is 17.5 Å². The van der Waals surface area contributed by atoms with Gasteiger partial charge in [0, 0.05) is 6.54 Å². The Bertz CT molecular complexity index is 849. The second-order valence-corrected chi connectivity index (χ2v) is 8.64. The third kappa shape index (κ3) is 5.99. The molecule has 0 bridgehead atoms. The highest BCUT2D eigenvalue weighted by Crippen LogP contribution is 2.26. The van der Waals surface area contributed by atoms with Gasteiger partial charge in [0.25, 0.3) is 0 Å². The maximum atomic E-state index is 12.4. The first kappa shape index (κ1) is 20.8. The number of nitrogens with zero attached hydrogens (tertiary/aromatic N) is 1. The summed E-state index contributed by atoms with van der Waals surface area (Å²) in [7, 11) is -3.64. The Labute approximate surface area is 161 Å². The van der Waals surface area contributed by atoms with Crippen LogP contribution in [0.15, 0.2) is 54.6 Å². The molecule has 0 radical (unpaired) electrons. The Morgan fingerprint density at radius 2 is 1.56 bits per heavy atom. The molecule has 1 atom stereocenters. The lowest BCUT2D eigenvalue weighted by molar-refractivity contribution is -0.121. The van der Waals surface area contributed by atoms with E-state index < -0.39 is 16.1 Å². The van der Waals surface area contributed by atoms with E-state index >= 15 is 0 Å². The van der Waals surface area contributed by atoms with Gasteiger partial charge in [0.15, 0.2) is 0 Å². The van der Waals surface area contributed by atoms with Crippen molar-refractivity contribution < 1.29 is 17.9 Å². The van der Waals surface area contributed by atoms with Crippen molar-refractivity contribution in [2.75, 3.05) is 17.1 Å². The Hall–Kier alpha value is -2.54. The molecule has 1 amide bonds. The topological polar surface area (TPSA) is 75.7 Å². The first-order valence-corrected chi connectivity index (χ1v) is 10.6. The second-order valence-electron chi connectivity index (χ2n) is 6.78. The van der Waals surface area contributed by atoms with Crippen molar-refractivity contribution in [3.05, 3.63) is 54.6 Å². The van der Waals surface area contributed by atoms with Gasteiger partial charge in [-0.3, -0.25) is 9.10 Å². The van der Waals surface area contributed by atoms with Crippen LogP contribution in [0.4, 0.5) is 5.69 Å². The summed E-state index contributed by atoms with van der Waals surface area (Å²) in [5, 5.41) is 2.78. The van der Waals surface area contributed by atoms with E-state index in [1.807, 2.05) is 44.2 Å². The number of sulfonamides is 1. The lowest BCUT2D eigenvalue weighted by Crippen LogP contribution is -2.48. The molecule has 2 aromatic carbocycles. The molecule has 2 aromatic rings. The van der Waals surface area contributed by atoms with Crippen LogP contribution in [-0.4, -0.2) is 33.2 Å². The molecule has 2 rings (SSSR count). The zero-order valence-corrected chi connectivity index (χ0v) is 16.9. The highest BCUT2D eigenvalue weighted by molar-refractivity contribution is 7.92. The maximum Gasteiger partial charge on any atom is 0.243 e. The van der Waals surface area contributed by atoms with E-state index in [0.29, 0.717) is 23.7 Å². The van der Waals surface area contributed by atoms with E-state index in [4.69, 9.17) is 4.74 Å². The van der Waals surface area contributed by atoms with E-state index in [9.17, 15) is 13.2 Å². The molecule has 6 nitrogen and oxygen atoms in total. The SMILES string of the molecule is CC(C)CNC(=O)[C@H](C)N(c1ccc(Oc2ccccc2)cc1)S(C)(=O)=O. The van der Waals surface area contributed by atoms with Gasteiger partial charge >= 0.3 is 0 Å². The highest BCUT2D eigenvalue weighted by atomic mass is 32.2. The van der Waals surface area contributed by atoms with E-state index in [1.165, 1.54) is 0 Å². The van der Waals surface area contributed by atoms with Crippen molar-refractivity contribution >= 4 is 21.6 Å². The number of para-hydroxylation sites is 1. The molecule has 0 aromatic heterocycles. The zero-order valence-electron chi connectivity index (χ0n) is 16.0. The number of carbonyl (C=O) groups is 1. The van der Waals surface area contributed by atoms with Crippen molar-refractivity contribution in [2.45, 2.75) is 26.8 Å². The van der Waals surface area contributed by atoms with Crippen molar-refractivity contribution in [1.29, 1.82) is 0 Å². The number of carbonyl (C=O) groups excluding carboxylic acids is 1. The minimum atomic E-state index is -3.64. The molecule has 1 N–H and O–H groups in total. The van der Waals surface area contributed by atoms with Gasteiger partial charge < -0.3 is 10.1 Å². The summed E-state index contributed by atoms with van der Waals surface area (Å²) in [5.41, 5.74) is 0.408. The number of hydrogen-bond acceptors (Lipinski definition) is 4. The minimum Gasteiger partial charge on any atom is -0.457 e. The number of anilines is 1. The number of hydrogen-bond donors (Lipinski definition) is 1. The second kappa shape index (κ2) is 8.90. The smallest absolute Gasteiger partial charge is 0.243 e. The number of nitrogens with one attached hydrogen (secondary N) is 1. The summed E-state index contributed by atoms with van der Waals surface area (Å²) in [5.74, 6) is 1.21. The largest absolute Gasteiger partial charge is 0.457 e. The van der Waals surface area contributed by atoms with Crippen molar-refractivity contribution in [1.82, 2.24) is 5.32 Å². The van der Waals surface area contributed by atoms with Crippen molar-refractivity contribution in [3.8, 4) is 11.5 Å². The summed E-state index contributed by atoms with van der Waals surface area (Å²) in [4.78, 5) is 12.4. The number of ether oxygens (including phenoxy) is 1. The molecule has 0 aliphatic carbocycles. The van der Waals surface area contributed by atoms with Crippen molar-refractivity contribution in [3.63, 3.8) is 0 Å². The van der Waals surface area contributed by atoms with Gasteiger partial charge in [-0.2, -0.15) is 0 Å². The summed E-state index contributed by atoms with van der Waals surface area (Å²) in [6.07, 6.45) is 1.09. The normalized spacial score (nSPS) is 12.5. The van der Waals surface area contributed by atoms with E-state index in [1.54, 1.807) is 31.2 Å². The Morgan fingerprint density at radius 1 is 1.00 bits per heavy atom. The first-order chi connectivity index (χ1) is 12.7. The third-order valence-electron chi connectivity index (χ3n) is 3.84. The summed E-state index contributed by atoms with van der Waals surface area (Å²) in [6.45, 7) is 6.02. The monoisotopic (exact) mass is 390 g/mol. The Balaban J connectivity index is 2.20. The number of rotatable bonds is 8. The van der Waals surface area contributed by atoms with Gasteiger partial charge in [-0.15, -0.1) is 0 Å². The average Bonchev–Trinajstić information content (AvgIpc) is 2.61. The fourth-order valence-corrected chi connectivity index (χ4v) is 3.72. The van der Waals surface area contributed by atoms with Crippen molar-refractivity contribution in [2.24, 2.45) is 5.92 Å². The molecule has 0 saturated carbocycles. The van der Waals surface area contributed by atoms with Crippen LogP contribution in [0.1, 0.15) is 20.8 Å². The first-order valence-electron chi connectivity index (χ1n) is 8.78. The Kier molecular flexibility index (Phi) is 6.85. The van der Waals surface area contributed by atoms with Gasteiger partial charge in [-0.25, -0.2) is 8.42 Å². The zero-order chi connectivity index (χ0) is 20.0. The van der Waals surface area contributed by atoms with Crippen LogP contribution in [0.5, 0.6) is 11.5 Å². The third-order valence-corrected chi connectivity index (χ3v) is 5.08. The molecule has 7 heteroatoms. The standard InChI is InChI=1S/C20H26N2O4S/c1-15(2)14-21-20(23)16(3)22(27(4,24)25)17-10-12-19(13-11-17)26-18-8-6-5-7-9-18/h5-13,15-16H,14H2,1-4H3,(H,21,23)/t16-/m0/s1. The Morgan fingerprint density at radius 3 is 2.07 bits per heavy atom. The maximum absolute atomic E-state index is 12.4. The van der Waals surface area contributed by atoms with Gasteiger partial charge in [0.05, 0.1) is 11.9 Å². The molecular formula is C20H26N2O4S. The van der Waals surface area contributed by atoms with E-state index in [0.717, 1.165) is 10.6 Å².